The van der Waals surface area contributed by atoms with E-state index in [0.29, 0.717) is 5.41 Å². The molecule has 94 valence electrons. The van der Waals surface area contributed by atoms with Crippen LogP contribution in [0.25, 0.3) is 0 Å². The van der Waals surface area contributed by atoms with Gasteiger partial charge in [0.25, 0.3) is 0 Å². The molecule has 0 radical (unpaired) electrons. The van der Waals surface area contributed by atoms with E-state index in [9.17, 15) is 0 Å². The summed E-state index contributed by atoms with van der Waals surface area (Å²) in [6, 6.07) is 6.68. The van der Waals surface area contributed by atoms with Crippen LogP contribution in [0.3, 0.4) is 0 Å². The Bertz CT molecular complexity index is 383. The number of hydrogen-bond donors (Lipinski definition) is 1. The van der Waals surface area contributed by atoms with E-state index < -0.39 is 0 Å². The van der Waals surface area contributed by atoms with Crippen molar-refractivity contribution in [3.63, 3.8) is 0 Å². The molecule has 0 atom stereocenters. The normalized spacial score (nSPS) is 17.6. The van der Waals surface area contributed by atoms with Crippen LogP contribution in [0.4, 0.5) is 0 Å². The Balaban J connectivity index is 2.24. The number of hydrogen-bond acceptors (Lipinski definition) is 2. The summed E-state index contributed by atoms with van der Waals surface area (Å²) in [5.41, 5.74) is 3.11. The lowest BCUT2D eigenvalue weighted by Gasteiger charge is -2.42. The van der Waals surface area contributed by atoms with E-state index in [4.69, 9.17) is 4.74 Å². The Kier molecular flexibility index (Phi) is 3.72. The maximum Gasteiger partial charge on any atom is 0.122 e. The first-order chi connectivity index (χ1) is 8.22. The summed E-state index contributed by atoms with van der Waals surface area (Å²) in [4.78, 5) is 0. The second-order valence-corrected chi connectivity index (χ2v) is 5.08. The summed E-state index contributed by atoms with van der Waals surface area (Å²) in [5.74, 6) is 1.02. The van der Waals surface area contributed by atoms with Gasteiger partial charge in [-0.2, -0.15) is 0 Å². The third-order valence-corrected chi connectivity index (χ3v) is 3.91. The van der Waals surface area contributed by atoms with Crippen molar-refractivity contribution in [2.45, 2.75) is 38.5 Å². The van der Waals surface area contributed by atoms with E-state index in [-0.39, 0.29) is 0 Å². The molecule has 1 N–H and O–H groups in total. The van der Waals surface area contributed by atoms with Gasteiger partial charge in [0.1, 0.15) is 5.75 Å². The third kappa shape index (κ3) is 2.32. The highest BCUT2D eigenvalue weighted by Crippen LogP contribution is 2.44. The van der Waals surface area contributed by atoms with Crippen LogP contribution in [0.15, 0.2) is 18.2 Å². The fraction of sp³-hybridized carbons (Fsp3) is 0.600. The van der Waals surface area contributed by atoms with E-state index in [1.165, 1.54) is 30.4 Å². The smallest absolute Gasteiger partial charge is 0.122 e. The van der Waals surface area contributed by atoms with Crippen LogP contribution in [0.5, 0.6) is 5.75 Å². The van der Waals surface area contributed by atoms with Gasteiger partial charge in [-0.15, -0.1) is 0 Å². The molecule has 1 aromatic rings. The average Bonchev–Trinajstić information content (AvgIpc) is 2.27. The van der Waals surface area contributed by atoms with Gasteiger partial charge in [-0.05, 0) is 50.9 Å². The van der Waals surface area contributed by atoms with Gasteiger partial charge in [0.2, 0.25) is 0 Å². The van der Waals surface area contributed by atoms with Gasteiger partial charge >= 0.3 is 0 Å². The fourth-order valence-corrected chi connectivity index (χ4v) is 2.81. The van der Waals surface area contributed by atoms with E-state index in [0.717, 1.165) is 18.9 Å². The number of benzene rings is 1. The molecule has 2 rings (SSSR count). The Morgan fingerprint density at radius 3 is 2.59 bits per heavy atom. The van der Waals surface area contributed by atoms with Crippen molar-refractivity contribution in [1.82, 2.24) is 5.32 Å². The first-order valence-corrected chi connectivity index (χ1v) is 6.60. The fourth-order valence-electron chi connectivity index (χ4n) is 2.81. The van der Waals surface area contributed by atoms with Crippen LogP contribution in [0.2, 0.25) is 0 Å². The maximum atomic E-state index is 5.60. The van der Waals surface area contributed by atoms with Gasteiger partial charge in [-0.3, -0.25) is 0 Å². The molecule has 1 saturated carbocycles. The summed E-state index contributed by atoms with van der Waals surface area (Å²) in [6.45, 7) is 5.99. The molecule has 0 unspecified atom stereocenters. The molecule has 1 aliphatic rings. The second kappa shape index (κ2) is 5.09. The molecule has 0 heterocycles. The highest BCUT2D eigenvalue weighted by molar-refractivity contribution is 5.40. The minimum Gasteiger partial charge on any atom is -0.494 e. The Hall–Kier alpha value is -1.02. The van der Waals surface area contributed by atoms with Crippen molar-refractivity contribution < 1.29 is 4.74 Å². The van der Waals surface area contributed by atoms with Crippen LogP contribution in [-0.2, 0) is 5.41 Å². The SMILES string of the molecule is CCOc1ccc(C2(CNC)CCC2)cc1C. The van der Waals surface area contributed by atoms with Crippen molar-refractivity contribution in [3.8, 4) is 5.75 Å². The molecule has 2 nitrogen and oxygen atoms in total. The van der Waals surface area contributed by atoms with Crippen molar-refractivity contribution >= 4 is 0 Å². The number of nitrogens with one attached hydrogen (secondary N) is 1. The minimum atomic E-state index is 0.379. The first kappa shape index (κ1) is 12.4. The molecule has 0 spiro atoms. The molecule has 0 aliphatic heterocycles. The Labute approximate surface area is 104 Å². The predicted molar refractivity (Wildman–Crippen MR) is 71.8 cm³/mol. The van der Waals surface area contributed by atoms with Gasteiger partial charge in [-0.1, -0.05) is 18.6 Å². The standard InChI is InChI=1S/C15H23NO/c1-4-17-14-7-6-13(10-12(14)2)15(11-16-3)8-5-9-15/h6-7,10,16H,4-5,8-9,11H2,1-3H3. The van der Waals surface area contributed by atoms with Gasteiger partial charge < -0.3 is 10.1 Å². The zero-order valence-electron chi connectivity index (χ0n) is 11.2. The largest absolute Gasteiger partial charge is 0.494 e. The summed E-state index contributed by atoms with van der Waals surface area (Å²) in [5, 5.41) is 3.34. The number of ether oxygens (including phenoxy) is 1. The van der Waals surface area contributed by atoms with Crippen LogP contribution >= 0.6 is 0 Å². The van der Waals surface area contributed by atoms with Gasteiger partial charge in [0, 0.05) is 12.0 Å². The second-order valence-electron chi connectivity index (χ2n) is 5.08. The monoisotopic (exact) mass is 233 g/mol. The lowest BCUT2D eigenvalue weighted by atomic mass is 9.64. The lowest BCUT2D eigenvalue weighted by Crippen LogP contribution is -2.42. The van der Waals surface area contributed by atoms with Crippen LogP contribution < -0.4 is 10.1 Å². The van der Waals surface area contributed by atoms with E-state index in [1.54, 1.807) is 0 Å². The molecule has 0 aromatic heterocycles. The number of likely N-dealkylation sites (N-methyl/N-ethyl adjacent to an activating group) is 1. The van der Waals surface area contributed by atoms with E-state index in [1.807, 2.05) is 14.0 Å². The van der Waals surface area contributed by atoms with Crippen molar-refractivity contribution in [2.24, 2.45) is 0 Å². The zero-order valence-corrected chi connectivity index (χ0v) is 11.2. The molecule has 0 saturated heterocycles. The highest BCUT2D eigenvalue weighted by atomic mass is 16.5. The topological polar surface area (TPSA) is 21.3 Å². The molecule has 1 aromatic carbocycles. The molecule has 0 bridgehead atoms. The van der Waals surface area contributed by atoms with Gasteiger partial charge in [0.15, 0.2) is 0 Å². The summed E-state index contributed by atoms with van der Waals surface area (Å²) < 4.78 is 5.60. The quantitative estimate of drug-likeness (QED) is 0.844. The highest BCUT2D eigenvalue weighted by Gasteiger charge is 2.38. The zero-order chi connectivity index (χ0) is 12.3. The maximum absolute atomic E-state index is 5.60. The molecular weight excluding hydrogens is 210 g/mol. The summed E-state index contributed by atoms with van der Waals surface area (Å²) in [6.07, 6.45) is 3.97. The lowest BCUT2D eigenvalue weighted by molar-refractivity contribution is 0.238. The number of rotatable bonds is 5. The third-order valence-electron chi connectivity index (χ3n) is 3.91. The molecule has 0 amide bonds. The summed E-state index contributed by atoms with van der Waals surface area (Å²) in [7, 11) is 2.04. The van der Waals surface area contributed by atoms with Crippen molar-refractivity contribution in [2.75, 3.05) is 20.2 Å². The summed E-state index contributed by atoms with van der Waals surface area (Å²) >= 11 is 0. The van der Waals surface area contributed by atoms with Crippen LogP contribution in [-0.4, -0.2) is 20.2 Å². The molecule has 1 fully saturated rings. The van der Waals surface area contributed by atoms with E-state index >= 15 is 0 Å². The molecule has 17 heavy (non-hydrogen) atoms. The van der Waals surface area contributed by atoms with Crippen LogP contribution in [0.1, 0.15) is 37.3 Å². The van der Waals surface area contributed by atoms with E-state index in [2.05, 4.69) is 30.4 Å². The minimum absolute atomic E-state index is 0.379. The van der Waals surface area contributed by atoms with Gasteiger partial charge in [-0.25, -0.2) is 0 Å². The Morgan fingerprint density at radius 1 is 1.35 bits per heavy atom. The molecule has 2 heteroatoms. The molecule has 1 aliphatic carbocycles. The van der Waals surface area contributed by atoms with Crippen LogP contribution in [0, 0.1) is 6.92 Å². The predicted octanol–water partition coefficient (Wildman–Crippen LogP) is 3.03. The van der Waals surface area contributed by atoms with Crippen molar-refractivity contribution in [1.29, 1.82) is 0 Å². The number of aryl methyl sites for hydroxylation is 1. The average molecular weight is 233 g/mol. The Morgan fingerprint density at radius 2 is 2.12 bits per heavy atom. The first-order valence-electron chi connectivity index (χ1n) is 6.60. The van der Waals surface area contributed by atoms with Crippen molar-refractivity contribution in [3.05, 3.63) is 29.3 Å². The van der Waals surface area contributed by atoms with Gasteiger partial charge in [0.05, 0.1) is 6.61 Å². The molecular formula is C15H23NO.